The second-order valence-corrected chi connectivity index (χ2v) is 6.99. The number of fused-ring (bicyclic) bond motifs is 1. The molecular weight excluding hydrogens is 240 g/mol. The molecule has 19 heavy (non-hydrogen) atoms. The molecule has 2 unspecified atom stereocenters. The fourth-order valence-corrected chi connectivity index (χ4v) is 3.56. The Labute approximate surface area is 113 Å². The molecule has 0 spiro atoms. The first-order valence-electron chi connectivity index (χ1n) is 6.78. The largest absolute Gasteiger partial charge is 0.487 e. The third-order valence-electron chi connectivity index (χ3n) is 4.55. The molecule has 1 aromatic rings. The molecule has 3 nitrogen and oxygen atoms in total. The number of para-hydroxylation sites is 1. The Morgan fingerprint density at radius 1 is 1.32 bits per heavy atom. The Morgan fingerprint density at radius 2 is 2.00 bits per heavy atom. The Balaban J connectivity index is 2.02. The highest BCUT2D eigenvalue weighted by atomic mass is 16.5. The number of ether oxygens (including phenoxy) is 1. The van der Waals surface area contributed by atoms with E-state index >= 15 is 0 Å². The van der Waals surface area contributed by atoms with Gasteiger partial charge in [0.2, 0.25) is 0 Å². The minimum Gasteiger partial charge on any atom is -0.487 e. The van der Waals surface area contributed by atoms with Gasteiger partial charge in [0.25, 0.3) is 0 Å². The molecule has 3 rings (SSSR count). The second-order valence-electron chi connectivity index (χ2n) is 6.99. The van der Waals surface area contributed by atoms with Crippen LogP contribution in [-0.4, -0.2) is 16.7 Å². The van der Waals surface area contributed by atoms with Crippen molar-refractivity contribution in [1.29, 1.82) is 0 Å². The standard InChI is InChI=1S/C16H20O3/c1-15(2)8-9-6-5-7-10(13(9)19-15)11-12(14(17)18)16(11,3)4/h5-7,11-12H,8H2,1-4H3,(H,17,18). The van der Waals surface area contributed by atoms with E-state index in [0.717, 1.165) is 17.7 Å². The van der Waals surface area contributed by atoms with Gasteiger partial charge in [-0.05, 0) is 30.4 Å². The second kappa shape index (κ2) is 3.53. The summed E-state index contributed by atoms with van der Waals surface area (Å²) in [5, 5.41) is 9.33. The van der Waals surface area contributed by atoms with E-state index < -0.39 is 5.97 Å². The predicted octanol–water partition coefficient (Wildman–Crippen LogP) is 3.22. The molecule has 0 amide bonds. The quantitative estimate of drug-likeness (QED) is 0.888. The van der Waals surface area contributed by atoms with Crippen LogP contribution < -0.4 is 4.74 Å². The molecule has 1 aromatic carbocycles. The van der Waals surface area contributed by atoms with Crippen molar-refractivity contribution in [2.75, 3.05) is 0 Å². The van der Waals surface area contributed by atoms with E-state index in [2.05, 4.69) is 19.9 Å². The fraction of sp³-hybridized carbons (Fsp3) is 0.562. The van der Waals surface area contributed by atoms with Crippen LogP contribution in [0.1, 0.15) is 44.7 Å². The maximum Gasteiger partial charge on any atom is 0.307 e. The van der Waals surface area contributed by atoms with Crippen LogP contribution in [0.15, 0.2) is 18.2 Å². The van der Waals surface area contributed by atoms with Gasteiger partial charge < -0.3 is 9.84 Å². The minimum absolute atomic E-state index is 0.0637. The van der Waals surface area contributed by atoms with Gasteiger partial charge in [-0.3, -0.25) is 4.79 Å². The van der Waals surface area contributed by atoms with Crippen LogP contribution in [0.2, 0.25) is 0 Å². The van der Waals surface area contributed by atoms with E-state index in [1.165, 1.54) is 5.56 Å². The van der Waals surface area contributed by atoms with Crippen LogP contribution in [0.3, 0.4) is 0 Å². The summed E-state index contributed by atoms with van der Waals surface area (Å²) in [5.41, 5.74) is 1.91. The number of hydrogen-bond acceptors (Lipinski definition) is 2. The van der Waals surface area contributed by atoms with Crippen LogP contribution >= 0.6 is 0 Å². The summed E-state index contributed by atoms with van der Waals surface area (Å²) in [6, 6.07) is 6.13. The van der Waals surface area contributed by atoms with E-state index in [9.17, 15) is 9.90 Å². The van der Waals surface area contributed by atoms with Gasteiger partial charge in [0, 0.05) is 12.3 Å². The van der Waals surface area contributed by atoms with E-state index in [4.69, 9.17) is 4.74 Å². The molecule has 1 N–H and O–H groups in total. The molecule has 0 aromatic heterocycles. The molecule has 0 radical (unpaired) electrons. The monoisotopic (exact) mass is 260 g/mol. The molecule has 1 aliphatic carbocycles. The van der Waals surface area contributed by atoms with Crippen LogP contribution in [0, 0.1) is 11.3 Å². The van der Waals surface area contributed by atoms with Crippen molar-refractivity contribution in [2.24, 2.45) is 11.3 Å². The summed E-state index contributed by atoms with van der Waals surface area (Å²) in [6.07, 6.45) is 0.890. The van der Waals surface area contributed by atoms with Crippen molar-refractivity contribution in [3.63, 3.8) is 0 Å². The Morgan fingerprint density at radius 3 is 2.58 bits per heavy atom. The highest BCUT2D eigenvalue weighted by molar-refractivity contribution is 5.78. The van der Waals surface area contributed by atoms with E-state index in [1.54, 1.807) is 0 Å². The third-order valence-corrected chi connectivity index (χ3v) is 4.55. The Bertz CT molecular complexity index is 557. The van der Waals surface area contributed by atoms with Crippen molar-refractivity contribution >= 4 is 5.97 Å². The van der Waals surface area contributed by atoms with Gasteiger partial charge in [0.1, 0.15) is 11.4 Å². The molecule has 0 bridgehead atoms. The summed E-state index contributed by atoms with van der Waals surface area (Å²) in [5.74, 6) is -0.0145. The topological polar surface area (TPSA) is 46.5 Å². The first-order chi connectivity index (χ1) is 8.74. The molecule has 3 heteroatoms. The minimum atomic E-state index is -0.704. The van der Waals surface area contributed by atoms with Gasteiger partial charge in [-0.25, -0.2) is 0 Å². The number of aliphatic carboxylic acids is 1. The molecule has 1 heterocycles. The zero-order valence-corrected chi connectivity index (χ0v) is 11.9. The first-order valence-corrected chi connectivity index (χ1v) is 6.78. The summed E-state index contributed by atoms with van der Waals surface area (Å²) in [6.45, 7) is 8.19. The predicted molar refractivity (Wildman–Crippen MR) is 72.5 cm³/mol. The Kier molecular flexibility index (Phi) is 2.32. The molecule has 2 aliphatic rings. The number of benzene rings is 1. The number of hydrogen-bond donors (Lipinski definition) is 1. The fourth-order valence-electron chi connectivity index (χ4n) is 3.56. The molecule has 2 atom stereocenters. The van der Waals surface area contributed by atoms with Gasteiger partial charge in [-0.1, -0.05) is 32.0 Å². The Hall–Kier alpha value is -1.51. The first kappa shape index (κ1) is 12.5. The zero-order valence-electron chi connectivity index (χ0n) is 11.9. The summed E-state index contributed by atoms with van der Waals surface area (Å²) in [7, 11) is 0. The van der Waals surface area contributed by atoms with Crippen molar-refractivity contribution in [1.82, 2.24) is 0 Å². The molecule has 1 saturated carbocycles. The lowest BCUT2D eigenvalue weighted by atomic mass is 9.97. The van der Waals surface area contributed by atoms with Crippen LogP contribution in [0.25, 0.3) is 0 Å². The number of rotatable bonds is 2. The summed E-state index contributed by atoms with van der Waals surface area (Å²) in [4.78, 5) is 11.3. The summed E-state index contributed by atoms with van der Waals surface area (Å²) < 4.78 is 6.06. The third kappa shape index (κ3) is 1.75. The highest BCUT2D eigenvalue weighted by Crippen LogP contribution is 2.66. The molecule has 0 saturated heterocycles. The lowest BCUT2D eigenvalue weighted by Gasteiger charge is -2.18. The van der Waals surface area contributed by atoms with Gasteiger partial charge in [-0.15, -0.1) is 0 Å². The maximum absolute atomic E-state index is 11.3. The molecular formula is C16H20O3. The van der Waals surface area contributed by atoms with Crippen LogP contribution in [-0.2, 0) is 11.2 Å². The molecule has 1 aliphatic heterocycles. The SMILES string of the molecule is CC1(C)Cc2cccc(C3C(C(=O)O)C3(C)C)c2O1. The molecule has 1 fully saturated rings. The van der Waals surface area contributed by atoms with Gasteiger partial charge in [0.05, 0.1) is 5.92 Å². The number of carboxylic acid groups (broad SMARTS) is 1. The van der Waals surface area contributed by atoms with Crippen molar-refractivity contribution in [3.8, 4) is 5.75 Å². The van der Waals surface area contributed by atoms with Crippen LogP contribution in [0.4, 0.5) is 0 Å². The van der Waals surface area contributed by atoms with Crippen molar-refractivity contribution in [2.45, 2.75) is 45.6 Å². The van der Waals surface area contributed by atoms with Gasteiger partial charge >= 0.3 is 5.97 Å². The normalized spacial score (nSPS) is 29.5. The number of carbonyl (C=O) groups is 1. The smallest absolute Gasteiger partial charge is 0.307 e. The lowest BCUT2D eigenvalue weighted by Crippen LogP contribution is -2.24. The van der Waals surface area contributed by atoms with E-state index in [0.29, 0.717) is 0 Å². The maximum atomic E-state index is 11.3. The van der Waals surface area contributed by atoms with Crippen LogP contribution in [0.5, 0.6) is 5.75 Å². The summed E-state index contributed by atoms with van der Waals surface area (Å²) >= 11 is 0. The molecule has 102 valence electrons. The van der Waals surface area contributed by atoms with Crippen molar-refractivity contribution in [3.05, 3.63) is 29.3 Å². The highest BCUT2D eigenvalue weighted by Gasteiger charge is 2.63. The van der Waals surface area contributed by atoms with Gasteiger partial charge in [-0.2, -0.15) is 0 Å². The van der Waals surface area contributed by atoms with Gasteiger partial charge in [0.15, 0.2) is 0 Å². The van der Waals surface area contributed by atoms with E-state index in [-0.39, 0.29) is 22.9 Å². The number of carboxylic acids is 1. The zero-order chi connectivity index (χ0) is 14.0. The lowest BCUT2D eigenvalue weighted by molar-refractivity contribution is -0.139. The van der Waals surface area contributed by atoms with E-state index in [1.807, 2.05) is 26.0 Å². The van der Waals surface area contributed by atoms with Crippen molar-refractivity contribution < 1.29 is 14.6 Å². The average Bonchev–Trinajstić information content (AvgIpc) is 2.68. The average molecular weight is 260 g/mol.